The fraction of sp³-hybridized carbons (Fsp3) is 0.464. The van der Waals surface area contributed by atoms with E-state index in [9.17, 15) is 34.8 Å². The maximum Gasteiger partial charge on any atom is 0.255 e. The first-order valence-electron chi connectivity index (χ1n) is 13.0. The molecule has 5 rings (SSSR count). The van der Waals surface area contributed by atoms with Crippen LogP contribution in [0.1, 0.15) is 34.3 Å². The number of benzene rings is 1. The Morgan fingerprint density at radius 2 is 1.95 bits per heavy atom. The summed E-state index contributed by atoms with van der Waals surface area (Å²) in [6.07, 6.45) is 5.40. The second kappa shape index (κ2) is 9.51. The third-order valence-corrected chi connectivity index (χ3v) is 8.72. The summed E-state index contributed by atoms with van der Waals surface area (Å²) in [5, 5.41) is 48.0. The van der Waals surface area contributed by atoms with E-state index in [4.69, 9.17) is 5.73 Å². The van der Waals surface area contributed by atoms with E-state index in [0.717, 1.165) is 18.5 Å². The summed E-state index contributed by atoms with van der Waals surface area (Å²) in [6, 6.07) is 2.49. The number of aromatic hydroxyl groups is 1. The van der Waals surface area contributed by atoms with Crippen LogP contribution in [0.15, 0.2) is 47.1 Å². The Kier molecular flexibility index (Phi) is 6.56. The zero-order chi connectivity index (χ0) is 28.4. The monoisotopic (exact) mass is 538 g/mol. The molecule has 0 saturated heterocycles. The lowest BCUT2D eigenvalue weighted by atomic mass is 9.58. The molecule has 0 bridgehead atoms. The van der Waals surface area contributed by atoms with Crippen LogP contribution in [0.3, 0.4) is 0 Å². The van der Waals surface area contributed by atoms with Gasteiger partial charge in [0.15, 0.2) is 11.4 Å². The number of aliphatic hydroxyl groups is 3. The summed E-state index contributed by atoms with van der Waals surface area (Å²) in [4.78, 5) is 42.9. The van der Waals surface area contributed by atoms with Crippen molar-refractivity contribution in [2.45, 2.75) is 43.5 Å². The third kappa shape index (κ3) is 3.95. The van der Waals surface area contributed by atoms with Gasteiger partial charge < -0.3 is 36.4 Å². The summed E-state index contributed by atoms with van der Waals surface area (Å²) in [6.45, 7) is 1.17. The number of rotatable bonds is 6. The number of carbonyl (C=O) groups is 3. The number of hydrogen-bond acceptors (Lipinski definition) is 10. The van der Waals surface area contributed by atoms with Gasteiger partial charge in [0.25, 0.3) is 5.91 Å². The Morgan fingerprint density at radius 3 is 2.56 bits per heavy atom. The maximum absolute atomic E-state index is 13.8. The molecule has 0 aromatic heterocycles. The van der Waals surface area contributed by atoms with E-state index >= 15 is 0 Å². The van der Waals surface area contributed by atoms with Crippen molar-refractivity contribution in [3.63, 3.8) is 0 Å². The van der Waals surface area contributed by atoms with Gasteiger partial charge in [0.05, 0.1) is 11.6 Å². The molecule has 0 spiro atoms. The molecule has 11 nitrogen and oxygen atoms in total. The Balaban J connectivity index is 1.55. The van der Waals surface area contributed by atoms with Crippen LogP contribution in [0.2, 0.25) is 0 Å². The third-order valence-electron chi connectivity index (χ3n) is 8.72. The van der Waals surface area contributed by atoms with E-state index < -0.39 is 58.0 Å². The number of hydrogen-bond donors (Lipinski definition) is 6. The topological polar surface area (TPSA) is 177 Å². The van der Waals surface area contributed by atoms with Gasteiger partial charge in [-0.25, -0.2) is 0 Å². The zero-order valence-electron chi connectivity index (χ0n) is 22.1. The quantitative estimate of drug-likeness (QED) is 0.278. The van der Waals surface area contributed by atoms with Crippen LogP contribution in [0.4, 0.5) is 0 Å². The van der Waals surface area contributed by atoms with Crippen LogP contribution >= 0.6 is 0 Å². The SMILES string of the molecule is CN(C)C1C(O)=C(C(N)=O)C(=O)[C@@]2(O)C(O)=C3C(=O)c4c(O)ccc(CNCC5CC=CN5C)c4C[C@H]3C[C@@H]12. The summed E-state index contributed by atoms with van der Waals surface area (Å²) in [7, 11) is 5.22. The van der Waals surface area contributed by atoms with Gasteiger partial charge in [0.2, 0.25) is 5.78 Å². The molecule has 39 heavy (non-hydrogen) atoms. The molecular weight excluding hydrogens is 504 g/mol. The molecule has 1 heterocycles. The largest absolute Gasteiger partial charge is 0.510 e. The zero-order valence-corrected chi connectivity index (χ0v) is 22.1. The van der Waals surface area contributed by atoms with Gasteiger partial charge in [-0.3, -0.25) is 19.3 Å². The number of primary amides is 1. The van der Waals surface area contributed by atoms with Crippen LogP contribution in [-0.2, 0) is 22.6 Å². The molecule has 0 radical (unpaired) electrons. The summed E-state index contributed by atoms with van der Waals surface area (Å²) >= 11 is 0. The van der Waals surface area contributed by atoms with Crippen molar-refractivity contribution in [2.24, 2.45) is 17.6 Å². The van der Waals surface area contributed by atoms with E-state index in [0.29, 0.717) is 18.2 Å². The first-order valence-corrected chi connectivity index (χ1v) is 13.0. The highest BCUT2D eigenvalue weighted by atomic mass is 16.3. The molecule has 1 aliphatic heterocycles. The molecule has 5 atom stereocenters. The Labute approximate surface area is 225 Å². The van der Waals surface area contributed by atoms with Crippen LogP contribution in [0.25, 0.3) is 0 Å². The number of nitrogens with one attached hydrogen (secondary N) is 1. The number of fused-ring (bicyclic) bond motifs is 3. The molecule has 1 amide bonds. The van der Waals surface area contributed by atoms with Crippen molar-refractivity contribution < 1.29 is 34.8 Å². The highest BCUT2D eigenvalue weighted by Crippen LogP contribution is 2.52. The first kappa shape index (κ1) is 26.9. The molecule has 4 aliphatic rings. The Morgan fingerprint density at radius 1 is 1.23 bits per heavy atom. The van der Waals surface area contributed by atoms with Gasteiger partial charge in [-0.1, -0.05) is 12.1 Å². The fourth-order valence-corrected chi connectivity index (χ4v) is 6.75. The molecule has 7 N–H and O–H groups in total. The minimum atomic E-state index is -2.64. The van der Waals surface area contributed by atoms with Gasteiger partial charge in [0, 0.05) is 37.7 Å². The summed E-state index contributed by atoms with van der Waals surface area (Å²) in [5.74, 6) is -6.52. The van der Waals surface area contributed by atoms with Crippen molar-refractivity contribution >= 4 is 17.5 Å². The lowest BCUT2D eigenvalue weighted by Crippen LogP contribution is -2.63. The number of likely N-dealkylation sites (N-methyl/N-ethyl adjacent to an activating group) is 2. The van der Waals surface area contributed by atoms with E-state index in [1.807, 2.05) is 13.2 Å². The predicted molar refractivity (Wildman–Crippen MR) is 141 cm³/mol. The number of allylic oxidation sites excluding steroid dienone is 1. The predicted octanol–water partition coefficient (Wildman–Crippen LogP) is 0.428. The number of nitrogens with two attached hydrogens (primary N) is 1. The van der Waals surface area contributed by atoms with Crippen LogP contribution < -0.4 is 11.1 Å². The highest BCUT2D eigenvalue weighted by Gasteiger charge is 2.63. The van der Waals surface area contributed by atoms with Crippen molar-refractivity contribution in [2.75, 3.05) is 27.7 Å². The number of amides is 1. The molecule has 2 unspecified atom stereocenters. The lowest BCUT2D eigenvalue weighted by Gasteiger charge is -2.50. The van der Waals surface area contributed by atoms with E-state index in [1.165, 1.54) is 11.0 Å². The van der Waals surface area contributed by atoms with Gasteiger partial charge in [-0.05, 0) is 62.7 Å². The lowest BCUT2D eigenvalue weighted by molar-refractivity contribution is -0.148. The summed E-state index contributed by atoms with van der Waals surface area (Å²) in [5.41, 5.74) is 3.24. The van der Waals surface area contributed by atoms with E-state index in [2.05, 4.69) is 16.3 Å². The number of nitrogens with zero attached hydrogens (tertiary/aromatic N) is 2. The van der Waals surface area contributed by atoms with Gasteiger partial charge >= 0.3 is 0 Å². The van der Waals surface area contributed by atoms with Gasteiger partial charge in [0.1, 0.15) is 22.8 Å². The minimum Gasteiger partial charge on any atom is -0.510 e. The molecule has 11 heteroatoms. The van der Waals surface area contributed by atoms with Crippen molar-refractivity contribution in [3.05, 3.63) is 63.8 Å². The molecule has 0 fully saturated rings. The number of aliphatic hydroxyl groups excluding tert-OH is 2. The highest BCUT2D eigenvalue weighted by molar-refractivity contribution is 6.24. The second-order valence-corrected chi connectivity index (χ2v) is 11.1. The number of phenolic OH excluding ortho intramolecular Hbond substituents is 1. The van der Waals surface area contributed by atoms with Gasteiger partial charge in [-0.15, -0.1) is 0 Å². The number of phenols is 1. The second-order valence-electron chi connectivity index (χ2n) is 11.1. The summed E-state index contributed by atoms with van der Waals surface area (Å²) < 4.78 is 0. The molecule has 3 aliphatic carbocycles. The van der Waals surface area contributed by atoms with Crippen molar-refractivity contribution in [1.29, 1.82) is 0 Å². The van der Waals surface area contributed by atoms with Gasteiger partial charge in [-0.2, -0.15) is 0 Å². The molecule has 1 aromatic carbocycles. The number of ketones is 2. The van der Waals surface area contributed by atoms with Crippen molar-refractivity contribution in [3.8, 4) is 5.75 Å². The van der Waals surface area contributed by atoms with E-state index in [-0.39, 0.29) is 29.7 Å². The fourth-order valence-electron chi connectivity index (χ4n) is 6.75. The number of carbonyl (C=O) groups excluding carboxylic acids is 3. The Bertz CT molecular complexity index is 1360. The standard InChI is InChI=1S/C28H34N4O7/c1-31(2)22-17-10-14-9-16-13(11-30-12-15-5-4-8-32(15)3)6-7-18(33)20(16)23(34)19(14)25(36)28(17,39)26(37)21(24(22)35)27(29)38/h4,6-8,14-15,17,22,30,33,35-36,39H,5,9-12H2,1-3H3,(H2,29,38)/t14-,15?,17-,22?,28-/m0/s1. The van der Waals surface area contributed by atoms with Crippen molar-refractivity contribution in [1.82, 2.24) is 15.1 Å². The van der Waals surface area contributed by atoms with Crippen LogP contribution in [0, 0.1) is 11.8 Å². The molecule has 1 aromatic rings. The smallest absolute Gasteiger partial charge is 0.255 e. The molecular formula is C28H34N4O7. The Hall–Kier alpha value is -3.67. The van der Waals surface area contributed by atoms with Crippen LogP contribution in [0.5, 0.6) is 5.75 Å². The first-order chi connectivity index (χ1) is 18.4. The van der Waals surface area contributed by atoms with Crippen LogP contribution in [-0.4, -0.2) is 93.1 Å². The normalized spacial score (nSPS) is 30.1. The average Bonchev–Trinajstić information content (AvgIpc) is 3.26. The van der Waals surface area contributed by atoms with E-state index in [1.54, 1.807) is 20.2 Å². The molecule has 208 valence electrons. The minimum absolute atomic E-state index is 0.0229. The maximum atomic E-state index is 13.8. The number of Topliss-reactive ketones (excluding diaryl/α,β-unsaturated/α-hetero) is 2. The average molecular weight is 539 g/mol. The molecule has 0 saturated carbocycles.